The first-order valence-corrected chi connectivity index (χ1v) is 12.2. The van der Waals surface area contributed by atoms with E-state index in [9.17, 15) is 14.4 Å². The normalized spacial score (nSPS) is 15.8. The molecule has 7 nitrogen and oxygen atoms in total. The Morgan fingerprint density at radius 2 is 1.83 bits per heavy atom. The van der Waals surface area contributed by atoms with Crippen molar-refractivity contribution >= 4 is 41.2 Å². The molecule has 0 bridgehead atoms. The molecule has 0 aliphatic carbocycles. The lowest BCUT2D eigenvalue weighted by Crippen LogP contribution is -2.54. The quantitative estimate of drug-likeness (QED) is 0.314. The number of ether oxygens (including phenoxy) is 1. The number of imide groups is 2. The first-order chi connectivity index (χ1) is 17.3. The van der Waals surface area contributed by atoms with Gasteiger partial charge in [-0.25, -0.2) is 9.69 Å². The average molecular weight is 506 g/mol. The maximum absolute atomic E-state index is 13.2. The van der Waals surface area contributed by atoms with Gasteiger partial charge in [0, 0.05) is 16.9 Å². The predicted octanol–water partition coefficient (Wildman–Crippen LogP) is 5.71. The second kappa shape index (κ2) is 10.8. The minimum Gasteiger partial charge on any atom is -0.492 e. The van der Waals surface area contributed by atoms with Crippen LogP contribution in [0.2, 0.25) is 5.02 Å². The molecule has 0 radical (unpaired) electrons. The van der Waals surface area contributed by atoms with Crippen molar-refractivity contribution in [2.24, 2.45) is 0 Å². The van der Waals surface area contributed by atoms with E-state index in [-0.39, 0.29) is 11.3 Å². The first kappa shape index (κ1) is 25.3. The summed E-state index contributed by atoms with van der Waals surface area (Å²) in [5, 5.41) is 2.65. The molecule has 36 heavy (non-hydrogen) atoms. The van der Waals surface area contributed by atoms with Gasteiger partial charge < -0.3 is 9.30 Å². The Kier molecular flexibility index (Phi) is 7.60. The average Bonchev–Trinajstić information content (AvgIpc) is 3.30. The Hall–Kier alpha value is -3.84. The summed E-state index contributed by atoms with van der Waals surface area (Å²) < 4.78 is 7.77. The van der Waals surface area contributed by atoms with Crippen molar-refractivity contribution in [2.75, 3.05) is 11.5 Å². The van der Waals surface area contributed by atoms with Gasteiger partial charge in [0.1, 0.15) is 17.9 Å². The summed E-state index contributed by atoms with van der Waals surface area (Å²) in [7, 11) is 0. The number of nitrogens with one attached hydrogen (secondary N) is 1. The van der Waals surface area contributed by atoms with Crippen molar-refractivity contribution in [3.05, 3.63) is 88.2 Å². The van der Waals surface area contributed by atoms with Gasteiger partial charge in [0.15, 0.2) is 0 Å². The van der Waals surface area contributed by atoms with Gasteiger partial charge in [-0.2, -0.15) is 0 Å². The second-order valence-electron chi connectivity index (χ2n) is 8.74. The molecule has 1 N–H and O–H groups in total. The highest BCUT2D eigenvalue weighted by Gasteiger charge is 2.37. The summed E-state index contributed by atoms with van der Waals surface area (Å²) in [5.41, 5.74) is 2.87. The molecular formula is C28H28ClN3O4. The number of aromatic nitrogens is 1. The van der Waals surface area contributed by atoms with Gasteiger partial charge in [-0.05, 0) is 72.9 Å². The smallest absolute Gasteiger partial charge is 0.335 e. The molecule has 1 atom stereocenters. The lowest BCUT2D eigenvalue weighted by Gasteiger charge is -2.26. The van der Waals surface area contributed by atoms with E-state index in [1.54, 1.807) is 18.2 Å². The van der Waals surface area contributed by atoms with E-state index in [0.717, 1.165) is 22.6 Å². The fraction of sp³-hybridized carbons (Fsp3) is 0.250. The predicted molar refractivity (Wildman–Crippen MR) is 140 cm³/mol. The third-order valence-corrected chi connectivity index (χ3v) is 6.74. The molecule has 1 aliphatic heterocycles. The topological polar surface area (TPSA) is 80.6 Å². The number of halogens is 1. The monoisotopic (exact) mass is 505 g/mol. The molecule has 0 saturated carbocycles. The van der Waals surface area contributed by atoms with E-state index < -0.39 is 17.8 Å². The molecule has 4 amide bonds. The number of rotatable bonds is 8. The van der Waals surface area contributed by atoms with Crippen molar-refractivity contribution in [3.8, 4) is 5.75 Å². The minimum absolute atomic E-state index is 0.146. The molecule has 2 aromatic carbocycles. The highest BCUT2D eigenvalue weighted by Crippen LogP contribution is 2.27. The number of nitrogens with zero attached hydrogens (tertiary/aromatic N) is 2. The first-order valence-electron chi connectivity index (χ1n) is 11.8. The van der Waals surface area contributed by atoms with E-state index in [1.165, 1.54) is 17.7 Å². The maximum atomic E-state index is 13.2. The number of barbiturate groups is 1. The van der Waals surface area contributed by atoms with Gasteiger partial charge in [0.25, 0.3) is 11.8 Å². The Morgan fingerprint density at radius 1 is 1.08 bits per heavy atom. The number of hydrogen-bond acceptors (Lipinski definition) is 4. The molecule has 1 aliphatic rings. The van der Waals surface area contributed by atoms with Crippen LogP contribution in [-0.2, 0) is 16.1 Å². The lowest BCUT2D eigenvalue weighted by atomic mass is 9.99. The molecule has 4 rings (SSSR count). The number of aryl methyl sites for hydroxylation is 1. The van der Waals surface area contributed by atoms with Crippen LogP contribution in [0.5, 0.6) is 5.75 Å². The van der Waals surface area contributed by atoms with Crippen LogP contribution in [0.15, 0.2) is 66.4 Å². The zero-order chi connectivity index (χ0) is 25.8. The number of carbonyl (C=O) groups is 3. The third kappa shape index (κ3) is 5.36. The molecular weight excluding hydrogens is 478 g/mol. The van der Waals surface area contributed by atoms with Crippen LogP contribution in [0, 0.1) is 6.92 Å². The second-order valence-corrected chi connectivity index (χ2v) is 9.15. The molecule has 8 heteroatoms. The highest BCUT2D eigenvalue weighted by molar-refractivity contribution is 6.39. The van der Waals surface area contributed by atoms with E-state index in [2.05, 4.69) is 31.3 Å². The fourth-order valence-corrected chi connectivity index (χ4v) is 4.09. The number of hydrogen-bond donors (Lipinski definition) is 1. The van der Waals surface area contributed by atoms with Gasteiger partial charge >= 0.3 is 6.03 Å². The molecule has 1 saturated heterocycles. The third-order valence-electron chi connectivity index (χ3n) is 6.33. The summed E-state index contributed by atoms with van der Waals surface area (Å²) in [4.78, 5) is 39.1. The van der Waals surface area contributed by atoms with Crippen LogP contribution >= 0.6 is 11.6 Å². The van der Waals surface area contributed by atoms with Crippen LogP contribution in [0.1, 0.15) is 43.0 Å². The zero-order valence-corrected chi connectivity index (χ0v) is 21.2. The van der Waals surface area contributed by atoms with Crippen LogP contribution in [-0.4, -0.2) is 29.0 Å². The number of carbonyl (C=O) groups excluding carboxylic acids is 3. The largest absolute Gasteiger partial charge is 0.492 e. The fourth-order valence-electron chi connectivity index (χ4n) is 3.91. The van der Waals surface area contributed by atoms with E-state index in [4.69, 9.17) is 16.3 Å². The van der Waals surface area contributed by atoms with Crippen LogP contribution < -0.4 is 15.0 Å². The van der Waals surface area contributed by atoms with Crippen LogP contribution in [0.4, 0.5) is 10.5 Å². The Bertz CT molecular complexity index is 1330. The molecule has 2 heterocycles. The molecule has 0 spiro atoms. The van der Waals surface area contributed by atoms with E-state index in [1.807, 2.05) is 35.9 Å². The molecule has 1 fully saturated rings. The summed E-state index contributed by atoms with van der Waals surface area (Å²) in [6.07, 6.45) is 4.40. The van der Waals surface area contributed by atoms with Gasteiger partial charge in [-0.1, -0.05) is 43.6 Å². The van der Waals surface area contributed by atoms with Crippen molar-refractivity contribution in [1.82, 2.24) is 9.88 Å². The van der Waals surface area contributed by atoms with Gasteiger partial charge in [0.05, 0.1) is 12.2 Å². The Labute approximate surface area is 215 Å². The van der Waals surface area contributed by atoms with Crippen molar-refractivity contribution in [2.45, 2.75) is 39.7 Å². The zero-order valence-electron chi connectivity index (χ0n) is 20.5. The van der Waals surface area contributed by atoms with Crippen molar-refractivity contribution in [1.29, 1.82) is 0 Å². The van der Waals surface area contributed by atoms with Crippen molar-refractivity contribution < 1.29 is 19.1 Å². The highest BCUT2D eigenvalue weighted by atomic mass is 35.5. The summed E-state index contributed by atoms with van der Waals surface area (Å²) in [6.45, 7) is 7.09. The molecule has 1 aromatic heterocycles. The van der Waals surface area contributed by atoms with Gasteiger partial charge in [0.2, 0.25) is 0 Å². The number of benzene rings is 2. The Balaban J connectivity index is 1.48. The minimum atomic E-state index is -0.815. The summed E-state index contributed by atoms with van der Waals surface area (Å²) in [6, 6.07) is 15.7. The molecule has 186 valence electrons. The van der Waals surface area contributed by atoms with Gasteiger partial charge in [-0.15, -0.1) is 0 Å². The molecule has 3 aromatic rings. The Morgan fingerprint density at radius 3 is 2.53 bits per heavy atom. The number of amides is 4. The van der Waals surface area contributed by atoms with E-state index in [0.29, 0.717) is 29.8 Å². The SMILES string of the molecule is CC[C@@H](C)c1ccc(OCCn2cccc2/C=C2\C(=O)NC(=O)N(c3ccc(C)c(Cl)c3)C2=O)cc1. The van der Waals surface area contributed by atoms with E-state index >= 15 is 0 Å². The summed E-state index contributed by atoms with van der Waals surface area (Å²) in [5.74, 6) is -0.177. The van der Waals surface area contributed by atoms with Crippen LogP contribution in [0.25, 0.3) is 6.08 Å². The standard InChI is InChI=1S/C28H28ClN3O4/c1-4-18(2)20-8-11-23(12-9-20)36-15-14-31-13-5-6-21(31)16-24-26(33)30-28(35)32(27(24)34)22-10-7-19(3)25(29)17-22/h5-13,16-18H,4,14-15H2,1-3H3,(H,30,33,35)/b24-16+/t18-/m1/s1. The van der Waals surface area contributed by atoms with Gasteiger partial charge in [-0.3, -0.25) is 14.9 Å². The number of anilines is 1. The van der Waals surface area contributed by atoms with Crippen molar-refractivity contribution in [3.63, 3.8) is 0 Å². The van der Waals surface area contributed by atoms with Crippen LogP contribution in [0.3, 0.4) is 0 Å². The number of urea groups is 1. The lowest BCUT2D eigenvalue weighted by molar-refractivity contribution is -0.122. The molecule has 0 unspecified atom stereocenters. The maximum Gasteiger partial charge on any atom is 0.335 e. The summed E-state index contributed by atoms with van der Waals surface area (Å²) >= 11 is 6.18.